The zero-order chi connectivity index (χ0) is 5.15. The van der Waals surface area contributed by atoms with E-state index in [0.717, 1.165) is 0 Å². The number of hydrogen-bond donors (Lipinski definition) is 1. The molecule has 0 aromatic carbocycles. The Hall–Kier alpha value is 0.860. The Morgan fingerprint density at radius 1 is 0.714 bits per heavy atom. The SMILES string of the molecule is ClC(Cl)=C(Cl)Cl.N. The monoisotopic (exact) mass is 181 g/mol. The van der Waals surface area contributed by atoms with E-state index >= 15 is 0 Å². The third-order valence-corrected chi connectivity index (χ3v) is 1.29. The molecule has 0 aromatic rings. The molecule has 0 rings (SSSR count). The lowest BCUT2D eigenvalue weighted by molar-refractivity contribution is 2.13. The van der Waals surface area contributed by atoms with Crippen LogP contribution in [0.1, 0.15) is 0 Å². The maximum absolute atomic E-state index is 4.99. The van der Waals surface area contributed by atoms with Crippen molar-refractivity contribution in [3.63, 3.8) is 0 Å². The highest BCUT2D eigenvalue weighted by molar-refractivity contribution is 6.67. The van der Waals surface area contributed by atoms with E-state index in [-0.39, 0.29) is 15.1 Å². The van der Waals surface area contributed by atoms with Gasteiger partial charge in [0.15, 0.2) is 0 Å². The Morgan fingerprint density at radius 3 is 0.857 bits per heavy atom. The molecule has 0 aliphatic carbocycles. The summed E-state index contributed by atoms with van der Waals surface area (Å²) in [5, 5.41) is 0. The van der Waals surface area contributed by atoms with E-state index in [1.165, 1.54) is 0 Å². The van der Waals surface area contributed by atoms with Gasteiger partial charge in [-0.2, -0.15) is 0 Å². The van der Waals surface area contributed by atoms with Crippen molar-refractivity contribution in [2.45, 2.75) is 0 Å². The molecule has 1 nitrogen and oxygen atoms in total. The quantitative estimate of drug-likeness (QED) is 0.614. The van der Waals surface area contributed by atoms with Crippen molar-refractivity contribution in [1.82, 2.24) is 6.15 Å². The molecule has 0 aromatic heterocycles. The Kier molecular flexibility index (Phi) is 7.70. The third-order valence-electron chi connectivity index (χ3n) is 0.143. The fourth-order valence-electron chi connectivity index (χ4n) is 0. The van der Waals surface area contributed by atoms with Crippen LogP contribution in [0.25, 0.3) is 0 Å². The smallest absolute Gasteiger partial charge is 0.136 e. The first-order valence-electron chi connectivity index (χ1n) is 1.01. The number of hydrogen-bond acceptors (Lipinski definition) is 1. The Balaban J connectivity index is 0. The van der Waals surface area contributed by atoms with Crippen molar-refractivity contribution in [1.29, 1.82) is 0 Å². The van der Waals surface area contributed by atoms with E-state index in [4.69, 9.17) is 46.4 Å². The predicted octanol–water partition coefficient (Wildman–Crippen LogP) is 3.23. The lowest BCUT2D eigenvalue weighted by Crippen LogP contribution is -1.47. The first-order valence-corrected chi connectivity index (χ1v) is 2.52. The molecule has 0 atom stereocenters. The third kappa shape index (κ3) is 6.86. The van der Waals surface area contributed by atoms with Crippen LogP contribution in [0.5, 0.6) is 0 Å². The summed E-state index contributed by atoms with van der Waals surface area (Å²) in [6.07, 6.45) is 0. The van der Waals surface area contributed by atoms with Crippen LogP contribution in [0.2, 0.25) is 0 Å². The second kappa shape index (κ2) is 5.01. The summed E-state index contributed by atoms with van der Waals surface area (Å²) in [5.74, 6) is 0. The molecule has 0 aliphatic rings. The highest BCUT2D eigenvalue weighted by Crippen LogP contribution is 2.20. The molecule has 0 amide bonds. The van der Waals surface area contributed by atoms with Gasteiger partial charge in [-0.05, 0) is 0 Å². The van der Waals surface area contributed by atoms with E-state index in [9.17, 15) is 0 Å². The molecule has 7 heavy (non-hydrogen) atoms. The summed E-state index contributed by atoms with van der Waals surface area (Å²) in [6.45, 7) is 0. The van der Waals surface area contributed by atoms with Gasteiger partial charge in [-0.1, -0.05) is 46.4 Å². The lowest BCUT2D eigenvalue weighted by Gasteiger charge is -1.75. The van der Waals surface area contributed by atoms with Crippen molar-refractivity contribution >= 4 is 46.4 Å². The molecular formula is C2H3Cl4N. The van der Waals surface area contributed by atoms with E-state index in [1.54, 1.807) is 0 Å². The first-order chi connectivity index (χ1) is 2.64. The Labute approximate surface area is 61.8 Å². The van der Waals surface area contributed by atoms with Crippen LogP contribution in [-0.2, 0) is 0 Å². The maximum Gasteiger partial charge on any atom is 0.136 e. The van der Waals surface area contributed by atoms with Gasteiger partial charge in [0, 0.05) is 0 Å². The minimum absolute atomic E-state index is 0. The predicted molar refractivity (Wildman–Crippen MR) is 35.5 cm³/mol. The van der Waals surface area contributed by atoms with Crippen LogP contribution >= 0.6 is 46.4 Å². The van der Waals surface area contributed by atoms with Crippen molar-refractivity contribution in [2.75, 3.05) is 0 Å². The molecule has 0 bridgehead atoms. The summed E-state index contributed by atoms with van der Waals surface area (Å²) in [7, 11) is 0. The van der Waals surface area contributed by atoms with Gasteiger partial charge in [-0.15, -0.1) is 0 Å². The molecule has 0 aliphatic heterocycles. The zero-order valence-electron chi connectivity index (χ0n) is 3.22. The fraction of sp³-hybridized carbons (Fsp3) is 0. The summed E-state index contributed by atoms with van der Waals surface area (Å²) < 4.78 is -0.198. The average molecular weight is 183 g/mol. The summed E-state index contributed by atoms with van der Waals surface area (Å²) in [6, 6.07) is 0. The van der Waals surface area contributed by atoms with Gasteiger partial charge in [-0.3, -0.25) is 0 Å². The van der Waals surface area contributed by atoms with Gasteiger partial charge in [0.1, 0.15) is 8.98 Å². The lowest BCUT2D eigenvalue weighted by atomic mass is 11.2. The van der Waals surface area contributed by atoms with Crippen LogP contribution in [-0.4, -0.2) is 0 Å². The Bertz CT molecular complexity index is 59.8. The second-order valence-corrected chi connectivity index (χ2v) is 2.42. The van der Waals surface area contributed by atoms with Crippen LogP contribution in [0.3, 0.4) is 0 Å². The maximum atomic E-state index is 4.99. The Morgan fingerprint density at radius 2 is 0.857 bits per heavy atom. The summed E-state index contributed by atoms with van der Waals surface area (Å²) in [4.78, 5) is 0. The summed E-state index contributed by atoms with van der Waals surface area (Å²) >= 11 is 20.0. The molecule has 0 unspecified atom stereocenters. The molecular weight excluding hydrogens is 180 g/mol. The fourth-order valence-corrected chi connectivity index (χ4v) is 0. The minimum atomic E-state index is -0.0988. The minimum Gasteiger partial charge on any atom is -0.344 e. The molecule has 5 heteroatoms. The van der Waals surface area contributed by atoms with E-state index in [0.29, 0.717) is 0 Å². The topological polar surface area (TPSA) is 35.0 Å². The van der Waals surface area contributed by atoms with Crippen molar-refractivity contribution in [3.8, 4) is 0 Å². The van der Waals surface area contributed by atoms with Gasteiger partial charge in [0.05, 0.1) is 0 Å². The van der Waals surface area contributed by atoms with E-state index in [1.807, 2.05) is 0 Å². The standard InChI is InChI=1S/C2Cl4.H3N/c3-1(4)2(5)6;/h;1H3. The second-order valence-electron chi connectivity index (χ2n) is 0.521. The molecule has 0 saturated heterocycles. The van der Waals surface area contributed by atoms with Crippen LogP contribution < -0.4 is 6.15 Å². The van der Waals surface area contributed by atoms with Gasteiger partial charge in [0.2, 0.25) is 0 Å². The molecule has 3 N–H and O–H groups in total. The molecule has 0 saturated carbocycles. The van der Waals surface area contributed by atoms with E-state index in [2.05, 4.69) is 0 Å². The van der Waals surface area contributed by atoms with Crippen LogP contribution in [0, 0.1) is 0 Å². The highest BCUT2D eigenvalue weighted by Gasteiger charge is 1.88. The molecule has 0 heterocycles. The van der Waals surface area contributed by atoms with Gasteiger partial charge < -0.3 is 6.15 Å². The first kappa shape index (κ1) is 10.8. The van der Waals surface area contributed by atoms with Crippen LogP contribution in [0.15, 0.2) is 8.98 Å². The van der Waals surface area contributed by atoms with Gasteiger partial charge in [-0.25, -0.2) is 0 Å². The average Bonchev–Trinajstić information content (AvgIpc) is 1.36. The zero-order valence-corrected chi connectivity index (χ0v) is 6.24. The van der Waals surface area contributed by atoms with Gasteiger partial charge in [0.25, 0.3) is 0 Å². The number of rotatable bonds is 0. The highest BCUT2D eigenvalue weighted by atomic mass is 35.5. The van der Waals surface area contributed by atoms with Crippen molar-refractivity contribution in [3.05, 3.63) is 8.98 Å². The normalized spacial score (nSPS) is 6.86. The van der Waals surface area contributed by atoms with Gasteiger partial charge >= 0.3 is 0 Å². The largest absolute Gasteiger partial charge is 0.344 e. The molecule has 0 fully saturated rings. The van der Waals surface area contributed by atoms with Crippen molar-refractivity contribution in [2.24, 2.45) is 0 Å². The molecule has 0 spiro atoms. The molecule has 44 valence electrons. The van der Waals surface area contributed by atoms with Crippen molar-refractivity contribution < 1.29 is 0 Å². The molecule has 0 radical (unpaired) electrons. The number of halogens is 4. The van der Waals surface area contributed by atoms with E-state index < -0.39 is 0 Å². The van der Waals surface area contributed by atoms with Crippen LogP contribution in [0.4, 0.5) is 0 Å². The summed E-state index contributed by atoms with van der Waals surface area (Å²) in [5.41, 5.74) is 0.